The molecule has 0 saturated carbocycles. The van der Waals surface area contributed by atoms with Crippen molar-refractivity contribution in [2.24, 2.45) is 13.0 Å². The molecule has 3 rings (SSSR count). The van der Waals surface area contributed by atoms with Crippen LogP contribution in [-0.2, 0) is 7.05 Å². The molecule has 1 fully saturated rings. The predicted molar refractivity (Wildman–Crippen MR) is 80.5 cm³/mol. The summed E-state index contributed by atoms with van der Waals surface area (Å²) >= 11 is 0. The molecular weight excluding hydrogens is 252 g/mol. The van der Waals surface area contributed by atoms with E-state index in [0.29, 0.717) is 5.69 Å². The molecule has 1 aromatic heterocycles. The Bertz CT molecular complexity index is 660. The van der Waals surface area contributed by atoms with Gasteiger partial charge in [0, 0.05) is 36.7 Å². The Kier molecular flexibility index (Phi) is 3.16. The van der Waals surface area contributed by atoms with E-state index in [9.17, 15) is 9.90 Å². The van der Waals surface area contributed by atoms with Gasteiger partial charge in [0.1, 0.15) is 5.69 Å². The highest BCUT2D eigenvalue weighted by Crippen LogP contribution is 2.28. The molecule has 1 aliphatic rings. The van der Waals surface area contributed by atoms with Crippen LogP contribution >= 0.6 is 0 Å². The number of hydrogen-bond acceptors (Lipinski definition) is 2. The summed E-state index contributed by atoms with van der Waals surface area (Å²) in [5.74, 6) is -0.151. The van der Waals surface area contributed by atoms with Crippen LogP contribution in [0.5, 0.6) is 0 Å². The average molecular weight is 272 g/mol. The summed E-state index contributed by atoms with van der Waals surface area (Å²) in [5.41, 5.74) is 2.51. The van der Waals surface area contributed by atoms with Gasteiger partial charge in [-0.15, -0.1) is 0 Å². The summed E-state index contributed by atoms with van der Waals surface area (Å²) in [6, 6.07) is 8.00. The maximum absolute atomic E-state index is 11.2. The van der Waals surface area contributed by atoms with Crippen molar-refractivity contribution in [1.29, 1.82) is 0 Å². The highest BCUT2D eigenvalue weighted by molar-refractivity contribution is 5.95. The molecule has 20 heavy (non-hydrogen) atoms. The van der Waals surface area contributed by atoms with Crippen molar-refractivity contribution in [2.45, 2.75) is 19.8 Å². The van der Waals surface area contributed by atoms with E-state index >= 15 is 0 Å². The number of aryl methyl sites for hydroxylation is 1. The molecule has 1 atom stereocenters. The minimum Gasteiger partial charge on any atom is -0.477 e. The van der Waals surface area contributed by atoms with Crippen LogP contribution in [0.1, 0.15) is 30.3 Å². The molecule has 0 amide bonds. The van der Waals surface area contributed by atoms with Crippen LogP contribution in [-0.4, -0.2) is 28.7 Å². The van der Waals surface area contributed by atoms with Crippen molar-refractivity contribution in [2.75, 3.05) is 18.0 Å². The molecule has 106 valence electrons. The summed E-state index contributed by atoms with van der Waals surface area (Å²) < 4.78 is 1.74. The highest BCUT2D eigenvalue weighted by atomic mass is 16.4. The summed E-state index contributed by atoms with van der Waals surface area (Å²) in [5, 5.41) is 10.2. The molecule has 4 heteroatoms. The monoisotopic (exact) mass is 272 g/mol. The summed E-state index contributed by atoms with van der Waals surface area (Å²) in [7, 11) is 1.80. The molecule has 2 aromatic rings. The van der Waals surface area contributed by atoms with Crippen molar-refractivity contribution in [3.8, 4) is 0 Å². The van der Waals surface area contributed by atoms with E-state index in [2.05, 4.69) is 24.0 Å². The van der Waals surface area contributed by atoms with Crippen LogP contribution in [0.2, 0.25) is 0 Å². The van der Waals surface area contributed by atoms with Crippen molar-refractivity contribution < 1.29 is 9.90 Å². The normalized spacial score (nSPS) is 19.5. The first kappa shape index (κ1) is 13.0. The Morgan fingerprint density at radius 2 is 2.15 bits per heavy atom. The Balaban J connectivity index is 2.00. The zero-order chi connectivity index (χ0) is 14.3. The molecular formula is C16H20N2O2. The van der Waals surface area contributed by atoms with Crippen LogP contribution in [0.4, 0.5) is 5.69 Å². The lowest BCUT2D eigenvalue weighted by Gasteiger charge is -2.32. The van der Waals surface area contributed by atoms with Crippen LogP contribution < -0.4 is 4.90 Å². The highest BCUT2D eigenvalue weighted by Gasteiger charge is 2.18. The van der Waals surface area contributed by atoms with Crippen molar-refractivity contribution in [3.63, 3.8) is 0 Å². The number of aromatic nitrogens is 1. The number of benzene rings is 1. The lowest BCUT2D eigenvalue weighted by atomic mass is 9.99. The fourth-order valence-electron chi connectivity index (χ4n) is 3.16. The third kappa shape index (κ3) is 2.15. The molecule has 0 spiro atoms. The van der Waals surface area contributed by atoms with Gasteiger partial charge in [0.25, 0.3) is 0 Å². The van der Waals surface area contributed by atoms with E-state index in [-0.39, 0.29) is 0 Å². The van der Waals surface area contributed by atoms with Crippen LogP contribution in [0.15, 0.2) is 24.3 Å². The average Bonchev–Trinajstić information content (AvgIpc) is 2.76. The van der Waals surface area contributed by atoms with Gasteiger partial charge < -0.3 is 14.6 Å². The quantitative estimate of drug-likeness (QED) is 0.913. The number of carboxylic acids is 1. The first-order valence-electron chi connectivity index (χ1n) is 7.14. The minimum atomic E-state index is -0.878. The van der Waals surface area contributed by atoms with Gasteiger partial charge in [-0.25, -0.2) is 4.79 Å². The summed E-state index contributed by atoms with van der Waals surface area (Å²) in [4.78, 5) is 13.6. The summed E-state index contributed by atoms with van der Waals surface area (Å²) in [6.07, 6.45) is 2.53. The Morgan fingerprint density at radius 1 is 1.35 bits per heavy atom. The maximum atomic E-state index is 11.2. The van der Waals surface area contributed by atoms with Gasteiger partial charge in [-0.2, -0.15) is 0 Å². The fourth-order valence-corrected chi connectivity index (χ4v) is 3.16. The number of fused-ring (bicyclic) bond motifs is 1. The second-order valence-corrected chi connectivity index (χ2v) is 5.83. The molecule has 1 N–H and O–H groups in total. The summed E-state index contributed by atoms with van der Waals surface area (Å²) in [6.45, 7) is 4.47. The number of hydrogen-bond donors (Lipinski definition) is 1. The van der Waals surface area contributed by atoms with Crippen LogP contribution in [0.25, 0.3) is 10.9 Å². The third-order valence-electron chi connectivity index (χ3n) is 4.27. The SMILES string of the molecule is CC1CCCN(c2ccc3c(c2)cc(C(=O)O)n3C)C1. The number of aromatic carboxylic acids is 1. The van der Waals surface area contributed by atoms with Gasteiger partial charge in [0.15, 0.2) is 0 Å². The van der Waals surface area contributed by atoms with Crippen LogP contribution in [0, 0.1) is 5.92 Å². The van der Waals surface area contributed by atoms with E-state index < -0.39 is 5.97 Å². The van der Waals surface area contributed by atoms with Crippen LogP contribution in [0.3, 0.4) is 0 Å². The first-order valence-corrected chi connectivity index (χ1v) is 7.14. The standard InChI is InChI=1S/C16H20N2O2/c1-11-4-3-7-18(10-11)13-5-6-14-12(8-13)9-15(16(19)20)17(14)2/h5-6,8-9,11H,3-4,7,10H2,1-2H3,(H,19,20). The number of nitrogens with zero attached hydrogens (tertiary/aromatic N) is 2. The third-order valence-corrected chi connectivity index (χ3v) is 4.27. The number of rotatable bonds is 2. The molecule has 1 unspecified atom stereocenters. The molecule has 2 heterocycles. The molecule has 0 bridgehead atoms. The largest absolute Gasteiger partial charge is 0.477 e. The second-order valence-electron chi connectivity index (χ2n) is 5.83. The maximum Gasteiger partial charge on any atom is 0.352 e. The Labute approximate surface area is 118 Å². The second kappa shape index (κ2) is 4.85. The van der Waals surface area contributed by atoms with E-state index in [0.717, 1.165) is 29.9 Å². The smallest absolute Gasteiger partial charge is 0.352 e. The topological polar surface area (TPSA) is 45.5 Å². The van der Waals surface area contributed by atoms with Crippen molar-refractivity contribution in [3.05, 3.63) is 30.0 Å². The van der Waals surface area contributed by atoms with E-state index in [4.69, 9.17) is 0 Å². The first-order chi connectivity index (χ1) is 9.56. The minimum absolute atomic E-state index is 0.337. The molecule has 0 radical (unpaired) electrons. The van der Waals surface area contributed by atoms with Crippen molar-refractivity contribution >= 4 is 22.6 Å². The zero-order valence-electron chi connectivity index (χ0n) is 12.0. The number of piperidine rings is 1. The zero-order valence-corrected chi connectivity index (χ0v) is 12.0. The van der Waals surface area contributed by atoms with Gasteiger partial charge >= 0.3 is 5.97 Å². The number of carbonyl (C=O) groups is 1. The van der Waals surface area contributed by atoms with E-state index in [1.54, 1.807) is 17.7 Å². The van der Waals surface area contributed by atoms with Gasteiger partial charge in [-0.05, 0) is 43.0 Å². The predicted octanol–water partition coefficient (Wildman–Crippen LogP) is 3.11. The van der Waals surface area contributed by atoms with Gasteiger partial charge in [0.05, 0.1) is 0 Å². The Morgan fingerprint density at radius 3 is 2.85 bits per heavy atom. The lowest BCUT2D eigenvalue weighted by molar-refractivity contribution is 0.0687. The van der Waals surface area contributed by atoms with Gasteiger partial charge in [0.2, 0.25) is 0 Å². The lowest BCUT2D eigenvalue weighted by Crippen LogP contribution is -2.34. The van der Waals surface area contributed by atoms with E-state index in [1.807, 2.05) is 6.07 Å². The molecule has 0 aliphatic carbocycles. The fraction of sp³-hybridized carbons (Fsp3) is 0.438. The van der Waals surface area contributed by atoms with Gasteiger partial charge in [-0.3, -0.25) is 0 Å². The Hall–Kier alpha value is -1.97. The van der Waals surface area contributed by atoms with Crippen molar-refractivity contribution in [1.82, 2.24) is 4.57 Å². The molecule has 1 saturated heterocycles. The molecule has 1 aromatic carbocycles. The molecule has 4 nitrogen and oxygen atoms in total. The van der Waals surface area contributed by atoms with E-state index in [1.165, 1.54) is 18.5 Å². The van der Waals surface area contributed by atoms with Gasteiger partial charge in [-0.1, -0.05) is 6.92 Å². The molecule has 1 aliphatic heterocycles. The number of carboxylic acid groups (broad SMARTS) is 1. The number of anilines is 1.